The first kappa shape index (κ1) is 28.0. The first-order chi connectivity index (χ1) is 17.6. The molecule has 0 radical (unpaired) electrons. The van der Waals surface area contributed by atoms with Crippen molar-refractivity contribution in [1.29, 1.82) is 0 Å². The zero-order valence-corrected chi connectivity index (χ0v) is 21.2. The third kappa shape index (κ3) is 5.57. The number of thiazole rings is 1. The van der Waals surface area contributed by atoms with Crippen LogP contribution in [0, 0.1) is 4.91 Å². The Morgan fingerprint density at radius 1 is 1.27 bits per heavy atom. The van der Waals surface area contributed by atoms with Crippen molar-refractivity contribution in [1.82, 2.24) is 19.5 Å². The van der Waals surface area contributed by atoms with Gasteiger partial charge in [0.2, 0.25) is 0 Å². The van der Waals surface area contributed by atoms with Crippen molar-refractivity contribution >= 4 is 27.6 Å². The van der Waals surface area contributed by atoms with Crippen molar-refractivity contribution in [2.24, 2.45) is 32.8 Å². The molecule has 1 aromatic carbocycles. The van der Waals surface area contributed by atoms with Crippen LogP contribution < -0.4 is 38.9 Å². The molecule has 10 N–H and O–H groups in total. The van der Waals surface area contributed by atoms with Crippen LogP contribution in [0.4, 0.5) is 5.95 Å². The number of hydrogen-bond acceptors (Lipinski definition) is 13. The first-order valence-electron chi connectivity index (χ1n) is 11.4. The van der Waals surface area contributed by atoms with E-state index in [0.717, 1.165) is 10.1 Å². The molecule has 5 atom stereocenters. The molecule has 0 aliphatic carbocycles. The highest BCUT2D eigenvalue weighted by atomic mass is 32.1. The fourth-order valence-corrected chi connectivity index (χ4v) is 4.99. The summed E-state index contributed by atoms with van der Waals surface area (Å²) < 4.78 is 1.35. The molecule has 3 aromatic rings. The van der Waals surface area contributed by atoms with E-state index in [1.54, 1.807) is 13.8 Å². The summed E-state index contributed by atoms with van der Waals surface area (Å²) in [6.45, 7) is 3.87. The van der Waals surface area contributed by atoms with Gasteiger partial charge in [0.15, 0.2) is 11.9 Å². The summed E-state index contributed by atoms with van der Waals surface area (Å²) in [7, 11) is 0. The number of nitrogens with two attached hydrogens (primary N) is 4. The Morgan fingerprint density at radius 3 is 2.54 bits per heavy atom. The largest absolute Gasteiger partial charge is 0.371 e. The standard InChI is InChI=1S/C21H31N11O4S/c1-3-14(29-36)13(22)9-21(23,11(2)26-10-12-7-5-4-6-8-12)18(34)31-16-15(37-20(31)35)17(33)32(25)19(27-16)28-30-24/h4-8,11,13-14,18,26,34H,3,9-10,22-23,25H2,1-2H3,(H2,24,27,28)/t11-,13?,14-,18+,21+/m0/s1. The van der Waals surface area contributed by atoms with Crippen LogP contribution >= 0.6 is 11.3 Å². The van der Waals surface area contributed by atoms with E-state index < -0.39 is 40.3 Å². The molecule has 0 spiro atoms. The summed E-state index contributed by atoms with van der Waals surface area (Å²) in [6.07, 6.45) is -1.48. The maximum atomic E-state index is 13.0. The number of nitrogens with one attached hydrogen (secondary N) is 1. The third-order valence-corrected chi connectivity index (χ3v) is 7.36. The van der Waals surface area contributed by atoms with Crippen LogP contribution in [0.15, 0.2) is 55.4 Å². The molecule has 2 heterocycles. The smallest absolute Gasteiger partial charge is 0.311 e. The van der Waals surface area contributed by atoms with Gasteiger partial charge >= 0.3 is 4.87 Å². The number of aromatic nitrogens is 3. The van der Waals surface area contributed by atoms with E-state index in [4.69, 9.17) is 23.2 Å². The fraction of sp³-hybridized carbons (Fsp3) is 0.476. The van der Waals surface area contributed by atoms with Crippen molar-refractivity contribution in [3.05, 3.63) is 60.8 Å². The molecule has 2 aromatic heterocycles. The second kappa shape index (κ2) is 11.7. The van der Waals surface area contributed by atoms with Gasteiger partial charge in [-0.1, -0.05) is 64.1 Å². The van der Waals surface area contributed by atoms with Gasteiger partial charge in [-0.05, 0) is 25.3 Å². The van der Waals surface area contributed by atoms with Crippen LogP contribution in [0.1, 0.15) is 38.5 Å². The predicted octanol–water partition coefficient (Wildman–Crippen LogP) is -0.0800. The Morgan fingerprint density at radius 2 is 1.95 bits per heavy atom. The number of aliphatic hydroxyl groups is 1. The van der Waals surface area contributed by atoms with Gasteiger partial charge < -0.3 is 33.6 Å². The average molecular weight is 534 g/mol. The van der Waals surface area contributed by atoms with Crippen molar-refractivity contribution < 1.29 is 5.11 Å². The number of hydrogen-bond donors (Lipinski definition) is 6. The highest BCUT2D eigenvalue weighted by molar-refractivity contribution is 7.16. The molecule has 200 valence electrons. The molecule has 0 bridgehead atoms. The number of nitroso groups, excluding NO2 is 1. The van der Waals surface area contributed by atoms with E-state index in [-0.39, 0.29) is 22.7 Å². The van der Waals surface area contributed by atoms with E-state index in [2.05, 4.69) is 25.8 Å². The van der Waals surface area contributed by atoms with Crippen LogP contribution in [0.2, 0.25) is 0 Å². The predicted molar refractivity (Wildman–Crippen MR) is 140 cm³/mol. The lowest BCUT2D eigenvalue weighted by Gasteiger charge is -2.42. The van der Waals surface area contributed by atoms with Crippen molar-refractivity contribution in [3.8, 4) is 0 Å². The summed E-state index contributed by atoms with van der Waals surface area (Å²) in [5.41, 5.74) is 11.5. The minimum Gasteiger partial charge on any atom is -0.371 e. The van der Waals surface area contributed by atoms with Crippen molar-refractivity contribution in [2.75, 3.05) is 5.84 Å². The van der Waals surface area contributed by atoms with Gasteiger partial charge in [-0.15, -0.1) is 0 Å². The summed E-state index contributed by atoms with van der Waals surface area (Å²) in [4.78, 5) is 40.5. The van der Waals surface area contributed by atoms with Crippen LogP contribution in [0.25, 0.3) is 10.3 Å². The third-order valence-electron chi connectivity index (χ3n) is 6.42. The van der Waals surface area contributed by atoms with E-state index in [1.165, 1.54) is 0 Å². The topological polar surface area (TPSA) is 247 Å². The summed E-state index contributed by atoms with van der Waals surface area (Å²) in [5, 5.41) is 24.6. The molecule has 0 fully saturated rings. The molecule has 1 unspecified atom stereocenters. The zero-order chi connectivity index (χ0) is 27.3. The molecule has 15 nitrogen and oxygen atoms in total. The lowest BCUT2D eigenvalue weighted by atomic mass is 9.81. The van der Waals surface area contributed by atoms with Crippen molar-refractivity contribution in [3.63, 3.8) is 0 Å². The monoisotopic (exact) mass is 533 g/mol. The minimum absolute atomic E-state index is 0.103. The van der Waals surface area contributed by atoms with E-state index in [9.17, 15) is 19.6 Å². The lowest BCUT2D eigenvalue weighted by Crippen LogP contribution is -2.64. The zero-order valence-electron chi connectivity index (χ0n) is 20.4. The Bertz CT molecular complexity index is 1370. The summed E-state index contributed by atoms with van der Waals surface area (Å²) >= 11 is 0.539. The molecule has 0 amide bonds. The molecule has 0 aliphatic heterocycles. The number of rotatable bonds is 12. The highest BCUT2D eigenvalue weighted by Gasteiger charge is 2.44. The molecular weight excluding hydrogens is 502 g/mol. The first-order valence-corrected chi connectivity index (χ1v) is 12.3. The van der Waals surface area contributed by atoms with Crippen LogP contribution in [-0.2, 0) is 6.54 Å². The molecular formula is C21H31N11O4S. The molecule has 0 saturated carbocycles. The summed E-state index contributed by atoms with van der Waals surface area (Å²) in [6, 6.07) is 7.21. The SMILES string of the molecule is CC[C@H](N=O)C(N)C[C@@](N)([C@H](C)NCc1ccccc1)[C@@H](O)n1c(=O)sc2c(=O)n(N)c(N=NN)nc21. The second-order valence-electron chi connectivity index (χ2n) is 8.72. The van der Waals surface area contributed by atoms with Gasteiger partial charge in [0.25, 0.3) is 11.5 Å². The van der Waals surface area contributed by atoms with Gasteiger partial charge in [0, 0.05) is 18.6 Å². The van der Waals surface area contributed by atoms with Crippen LogP contribution in [0.3, 0.4) is 0 Å². The number of nitrogen functional groups attached to an aromatic ring is 1. The Labute approximate surface area is 215 Å². The number of benzene rings is 1. The van der Waals surface area contributed by atoms with Crippen molar-refractivity contribution in [2.45, 2.75) is 63.1 Å². The summed E-state index contributed by atoms with van der Waals surface area (Å²) in [5.74, 6) is 10.4. The van der Waals surface area contributed by atoms with Gasteiger partial charge in [-0.3, -0.25) is 14.2 Å². The maximum Gasteiger partial charge on any atom is 0.311 e. The molecule has 3 rings (SSSR count). The Hall–Kier alpha value is -3.57. The minimum atomic E-state index is -1.73. The molecule has 0 aliphatic rings. The van der Waals surface area contributed by atoms with Gasteiger partial charge in [-0.25, -0.2) is 0 Å². The van der Waals surface area contributed by atoms with Crippen LogP contribution in [-0.4, -0.2) is 43.0 Å². The van der Waals surface area contributed by atoms with Gasteiger partial charge in [-0.2, -0.15) is 14.6 Å². The quantitative estimate of drug-likeness (QED) is 0.0781. The highest BCUT2D eigenvalue weighted by Crippen LogP contribution is 2.30. The van der Waals surface area contributed by atoms with E-state index in [1.807, 2.05) is 30.3 Å². The molecule has 16 heteroatoms. The normalized spacial score (nSPS) is 16.9. The molecule has 0 saturated heterocycles. The number of aliphatic hydroxyl groups excluding tert-OH is 1. The van der Waals surface area contributed by atoms with Gasteiger partial charge in [0.1, 0.15) is 10.7 Å². The molecule has 37 heavy (non-hydrogen) atoms. The Balaban J connectivity index is 2.11. The average Bonchev–Trinajstić information content (AvgIpc) is 3.22. The number of fused-ring (bicyclic) bond motifs is 1. The van der Waals surface area contributed by atoms with E-state index >= 15 is 0 Å². The van der Waals surface area contributed by atoms with E-state index in [0.29, 0.717) is 29.0 Å². The number of nitrogens with zero attached hydrogens (tertiary/aromatic N) is 6. The van der Waals surface area contributed by atoms with Gasteiger partial charge in [0.05, 0.1) is 5.54 Å². The lowest BCUT2D eigenvalue weighted by molar-refractivity contribution is -0.00422. The Kier molecular flexibility index (Phi) is 8.82. The second-order valence-corrected chi connectivity index (χ2v) is 9.68. The van der Waals surface area contributed by atoms with Crippen LogP contribution in [0.5, 0.6) is 0 Å². The fourth-order valence-electron chi connectivity index (χ4n) is 4.11. The maximum absolute atomic E-state index is 13.0.